The summed E-state index contributed by atoms with van der Waals surface area (Å²) in [5.74, 6) is 0. The molecule has 0 spiro atoms. The van der Waals surface area contributed by atoms with Crippen molar-refractivity contribution in [3.05, 3.63) is 59.9 Å². The van der Waals surface area contributed by atoms with Crippen molar-refractivity contribution in [2.45, 2.75) is 13.8 Å². The molecule has 0 aliphatic heterocycles. The zero-order chi connectivity index (χ0) is 12.5. The third-order valence-corrected chi connectivity index (χ3v) is 3.14. The van der Waals surface area contributed by atoms with E-state index in [1.54, 1.807) is 6.20 Å². The second-order valence-electron chi connectivity index (χ2n) is 4.54. The molecule has 3 aromatic rings. The molecule has 0 unspecified atom stereocenters. The van der Waals surface area contributed by atoms with Gasteiger partial charge in [-0.3, -0.25) is 0 Å². The third-order valence-electron chi connectivity index (χ3n) is 3.14. The number of fused-ring (bicyclic) bond motifs is 1. The van der Waals surface area contributed by atoms with Crippen molar-refractivity contribution in [1.82, 2.24) is 9.97 Å². The molecule has 0 aliphatic carbocycles. The SMILES string of the molecule is Cc1ccc(-c2cc3cccnc3nc2C)cc1. The molecule has 2 heterocycles. The van der Waals surface area contributed by atoms with E-state index in [4.69, 9.17) is 0 Å². The van der Waals surface area contributed by atoms with Crippen LogP contribution in [-0.4, -0.2) is 9.97 Å². The Morgan fingerprint density at radius 3 is 2.50 bits per heavy atom. The van der Waals surface area contributed by atoms with Crippen molar-refractivity contribution in [3.8, 4) is 11.1 Å². The van der Waals surface area contributed by atoms with E-state index < -0.39 is 0 Å². The normalized spacial score (nSPS) is 10.8. The van der Waals surface area contributed by atoms with Gasteiger partial charge in [0.2, 0.25) is 0 Å². The number of hydrogen-bond donors (Lipinski definition) is 0. The zero-order valence-electron chi connectivity index (χ0n) is 10.5. The molecule has 0 amide bonds. The number of aromatic nitrogens is 2. The first kappa shape index (κ1) is 10.9. The summed E-state index contributed by atoms with van der Waals surface area (Å²) in [5.41, 5.74) is 5.48. The average molecular weight is 234 g/mol. The Morgan fingerprint density at radius 2 is 1.72 bits per heavy atom. The Kier molecular flexibility index (Phi) is 2.56. The molecule has 2 aromatic heterocycles. The van der Waals surface area contributed by atoms with E-state index in [0.29, 0.717) is 0 Å². The maximum atomic E-state index is 4.56. The van der Waals surface area contributed by atoms with Gasteiger partial charge in [-0.1, -0.05) is 29.8 Å². The van der Waals surface area contributed by atoms with Crippen molar-refractivity contribution in [3.63, 3.8) is 0 Å². The molecular weight excluding hydrogens is 220 g/mol. The number of aryl methyl sites for hydroxylation is 2. The van der Waals surface area contributed by atoms with E-state index in [2.05, 4.69) is 47.2 Å². The highest BCUT2D eigenvalue weighted by Crippen LogP contribution is 2.25. The smallest absolute Gasteiger partial charge is 0.159 e. The van der Waals surface area contributed by atoms with Crippen LogP contribution in [0.4, 0.5) is 0 Å². The minimum absolute atomic E-state index is 0.811. The lowest BCUT2D eigenvalue weighted by Gasteiger charge is -2.07. The molecule has 0 bridgehead atoms. The first-order valence-electron chi connectivity index (χ1n) is 6.03. The topological polar surface area (TPSA) is 25.8 Å². The van der Waals surface area contributed by atoms with Crippen LogP contribution in [0.3, 0.4) is 0 Å². The van der Waals surface area contributed by atoms with Gasteiger partial charge in [0.05, 0.1) is 0 Å². The van der Waals surface area contributed by atoms with E-state index >= 15 is 0 Å². The van der Waals surface area contributed by atoms with Crippen LogP contribution in [0.15, 0.2) is 48.7 Å². The Labute approximate surface area is 106 Å². The average Bonchev–Trinajstić information content (AvgIpc) is 2.39. The second kappa shape index (κ2) is 4.22. The predicted octanol–water partition coefficient (Wildman–Crippen LogP) is 3.91. The van der Waals surface area contributed by atoms with Crippen LogP contribution in [0.2, 0.25) is 0 Å². The maximum absolute atomic E-state index is 4.56. The van der Waals surface area contributed by atoms with Gasteiger partial charge in [-0.15, -0.1) is 0 Å². The van der Waals surface area contributed by atoms with Crippen LogP contribution in [0.1, 0.15) is 11.3 Å². The van der Waals surface area contributed by atoms with Gasteiger partial charge in [0.25, 0.3) is 0 Å². The van der Waals surface area contributed by atoms with Crippen molar-refractivity contribution >= 4 is 11.0 Å². The Bertz CT molecular complexity index is 700. The molecule has 0 aliphatic rings. The van der Waals surface area contributed by atoms with Crippen LogP contribution >= 0.6 is 0 Å². The molecule has 2 nitrogen and oxygen atoms in total. The predicted molar refractivity (Wildman–Crippen MR) is 74.4 cm³/mol. The number of rotatable bonds is 1. The molecule has 0 radical (unpaired) electrons. The third kappa shape index (κ3) is 1.86. The molecule has 0 fully saturated rings. The van der Waals surface area contributed by atoms with Gasteiger partial charge in [-0.05, 0) is 37.6 Å². The summed E-state index contributed by atoms with van der Waals surface area (Å²) in [6, 6.07) is 14.7. The molecular formula is C16H14N2. The molecule has 0 N–H and O–H groups in total. The number of hydrogen-bond acceptors (Lipinski definition) is 2. The molecule has 18 heavy (non-hydrogen) atoms. The van der Waals surface area contributed by atoms with Crippen molar-refractivity contribution in [2.75, 3.05) is 0 Å². The van der Waals surface area contributed by atoms with Gasteiger partial charge in [0.1, 0.15) is 0 Å². The van der Waals surface area contributed by atoms with Crippen LogP contribution in [0.5, 0.6) is 0 Å². The van der Waals surface area contributed by atoms with Gasteiger partial charge < -0.3 is 0 Å². The number of nitrogens with zero attached hydrogens (tertiary/aromatic N) is 2. The quantitative estimate of drug-likeness (QED) is 0.638. The molecule has 0 atom stereocenters. The standard InChI is InChI=1S/C16H14N2/c1-11-5-7-13(8-6-11)15-10-14-4-3-9-17-16(14)18-12(15)2/h3-10H,1-2H3. The van der Waals surface area contributed by atoms with E-state index in [1.807, 2.05) is 19.1 Å². The van der Waals surface area contributed by atoms with E-state index in [1.165, 1.54) is 16.7 Å². The van der Waals surface area contributed by atoms with Gasteiger partial charge in [0, 0.05) is 22.8 Å². The fourth-order valence-corrected chi connectivity index (χ4v) is 2.12. The summed E-state index contributed by atoms with van der Waals surface area (Å²) < 4.78 is 0. The molecule has 0 saturated carbocycles. The van der Waals surface area contributed by atoms with Gasteiger partial charge in [0.15, 0.2) is 5.65 Å². The van der Waals surface area contributed by atoms with Crippen molar-refractivity contribution in [1.29, 1.82) is 0 Å². The minimum atomic E-state index is 0.811. The Morgan fingerprint density at radius 1 is 0.944 bits per heavy atom. The van der Waals surface area contributed by atoms with Crippen LogP contribution < -0.4 is 0 Å². The monoisotopic (exact) mass is 234 g/mol. The highest BCUT2D eigenvalue weighted by atomic mass is 14.8. The van der Waals surface area contributed by atoms with E-state index in [0.717, 1.165) is 16.7 Å². The second-order valence-corrected chi connectivity index (χ2v) is 4.54. The lowest BCUT2D eigenvalue weighted by atomic mass is 10.0. The first-order valence-corrected chi connectivity index (χ1v) is 6.03. The van der Waals surface area contributed by atoms with E-state index in [-0.39, 0.29) is 0 Å². The van der Waals surface area contributed by atoms with Gasteiger partial charge in [-0.25, -0.2) is 9.97 Å². The lowest BCUT2D eigenvalue weighted by molar-refractivity contribution is 1.20. The molecule has 1 aromatic carbocycles. The summed E-state index contributed by atoms with van der Waals surface area (Å²) in [6.45, 7) is 4.13. The fraction of sp³-hybridized carbons (Fsp3) is 0.125. The maximum Gasteiger partial charge on any atom is 0.159 e. The first-order chi connectivity index (χ1) is 8.74. The number of pyridine rings is 2. The van der Waals surface area contributed by atoms with Crippen LogP contribution in [-0.2, 0) is 0 Å². The molecule has 2 heteroatoms. The van der Waals surface area contributed by atoms with Crippen molar-refractivity contribution < 1.29 is 0 Å². The van der Waals surface area contributed by atoms with E-state index in [9.17, 15) is 0 Å². The minimum Gasteiger partial charge on any atom is -0.237 e. The molecule has 3 rings (SSSR count). The molecule has 88 valence electrons. The van der Waals surface area contributed by atoms with Crippen LogP contribution in [0, 0.1) is 13.8 Å². The highest BCUT2D eigenvalue weighted by Gasteiger charge is 2.05. The lowest BCUT2D eigenvalue weighted by Crippen LogP contribution is -1.91. The Hall–Kier alpha value is -2.22. The Balaban J connectivity index is 2.22. The summed E-state index contributed by atoms with van der Waals surface area (Å²) in [6.07, 6.45) is 1.78. The largest absolute Gasteiger partial charge is 0.237 e. The summed E-state index contributed by atoms with van der Waals surface area (Å²) in [4.78, 5) is 8.84. The van der Waals surface area contributed by atoms with Gasteiger partial charge in [-0.2, -0.15) is 0 Å². The highest BCUT2D eigenvalue weighted by molar-refractivity contribution is 5.82. The summed E-state index contributed by atoms with van der Waals surface area (Å²) in [5, 5.41) is 1.08. The summed E-state index contributed by atoms with van der Waals surface area (Å²) >= 11 is 0. The fourth-order valence-electron chi connectivity index (χ4n) is 2.12. The number of benzene rings is 1. The van der Waals surface area contributed by atoms with Crippen LogP contribution in [0.25, 0.3) is 22.2 Å². The van der Waals surface area contributed by atoms with Gasteiger partial charge >= 0.3 is 0 Å². The molecule has 0 saturated heterocycles. The van der Waals surface area contributed by atoms with Crippen molar-refractivity contribution in [2.24, 2.45) is 0 Å². The zero-order valence-corrected chi connectivity index (χ0v) is 10.5. The summed E-state index contributed by atoms with van der Waals surface area (Å²) in [7, 11) is 0.